The third-order valence-corrected chi connectivity index (χ3v) is 4.88. The van der Waals surface area contributed by atoms with Crippen LogP contribution in [0, 0.1) is 0 Å². The first-order chi connectivity index (χ1) is 12.3. The molecule has 0 unspecified atom stereocenters. The van der Waals surface area contributed by atoms with E-state index in [1.165, 1.54) is 44.1 Å². The summed E-state index contributed by atoms with van der Waals surface area (Å²) in [5, 5.41) is 3.39. The van der Waals surface area contributed by atoms with E-state index >= 15 is 0 Å². The lowest BCUT2D eigenvalue weighted by molar-refractivity contribution is 0.529. The number of hydrogen-bond donors (Lipinski definition) is 2. The first kappa shape index (κ1) is 20.7. The highest BCUT2D eigenvalue weighted by Gasteiger charge is 2.12. The lowest BCUT2D eigenvalue weighted by Crippen LogP contribution is -2.39. The van der Waals surface area contributed by atoms with Crippen LogP contribution in [0.3, 0.4) is 0 Å². The molecule has 5 nitrogen and oxygen atoms in total. The van der Waals surface area contributed by atoms with Crippen molar-refractivity contribution in [3.63, 3.8) is 0 Å². The van der Waals surface area contributed by atoms with Gasteiger partial charge in [0.25, 0.3) is 0 Å². The zero-order chi connectivity index (χ0) is 17.3. The van der Waals surface area contributed by atoms with Gasteiger partial charge in [0.2, 0.25) is 0 Å². The lowest BCUT2D eigenvalue weighted by Gasteiger charge is -2.16. The predicted octanol–water partition coefficient (Wildman–Crippen LogP) is 3.87. The molecule has 6 heteroatoms. The van der Waals surface area contributed by atoms with Gasteiger partial charge in [-0.3, -0.25) is 0 Å². The molecule has 0 atom stereocenters. The number of aliphatic imine (C=N–C) groups is 1. The number of rotatable bonds is 6. The molecule has 26 heavy (non-hydrogen) atoms. The first-order valence-corrected chi connectivity index (χ1v) is 9.41. The van der Waals surface area contributed by atoms with Gasteiger partial charge in [-0.2, -0.15) is 0 Å². The average molecular weight is 467 g/mol. The number of benzene rings is 1. The second-order valence-electron chi connectivity index (χ2n) is 6.81. The zero-order valence-corrected chi connectivity index (χ0v) is 17.6. The van der Waals surface area contributed by atoms with Gasteiger partial charge >= 0.3 is 0 Å². The lowest BCUT2D eigenvalue weighted by atomic mass is 10.1. The molecule has 3 N–H and O–H groups in total. The van der Waals surface area contributed by atoms with Crippen LogP contribution in [0.25, 0.3) is 0 Å². The number of halogens is 1. The fourth-order valence-corrected chi connectivity index (χ4v) is 3.42. The van der Waals surface area contributed by atoms with Crippen LogP contribution in [0.2, 0.25) is 0 Å². The molecule has 1 fully saturated rings. The Bertz CT molecular complexity index is 660. The maximum absolute atomic E-state index is 6.09. The van der Waals surface area contributed by atoms with Gasteiger partial charge in [-0.05, 0) is 24.8 Å². The van der Waals surface area contributed by atoms with Crippen molar-refractivity contribution in [1.29, 1.82) is 0 Å². The van der Waals surface area contributed by atoms with Gasteiger partial charge in [0.1, 0.15) is 12.4 Å². The van der Waals surface area contributed by atoms with Gasteiger partial charge in [-0.15, -0.1) is 24.0 Å². The fourth-order valence-electron chi connectivity index (χ4n) is 3.42. The molecule has 0 radical (unpaired) electrons. The Balaban J connectivity index is 0.00000243. The Morgan fingerprint density at radius 2 is 1.88 bits per heavy atom. The Morgan fingerprint density at radius 1 is 1.15 bits per heavy atom. The van der Waals surface area contributed by atoms with E-state index in [0.717, 1.165) is 18.8 Å². The molecule has 1 aliphatic carbocycles. The third kappa shape index (κ3) is 6.63. The maximum atomic E-state index is 6.09. The molecular formula is C20H30IN5. The minimum atomic E-state index is 0. The van der Waals surface area contributed by atoms with Gasteiger partial charge in [0, 0.05) is 25.0 Å². The molecule has 1 aromatic carbocycles. The smallest absolute Gasteiger partial charge is 0.189 e. The second-order valence-corrected chi connectivity index (χ2v) is 6.81. The monoisotopic (exact) mass is 467 g/mol. The molecule has 0 bridgehead atoms. The summed E-state index contributed by atoms with van der Waals surface area (Å²) in [6.07, 6.45) is 12.5. The van der Waals surface area contributed by atoms with Crippen molar-refractivity contribution in [2.45, 2.75) is 64.1 Å². The van der Waals surface area contributed by atoms with Crippen molar-refractivity contribution in [3.8, 4) is 0 Å². The van der Waals surface area contributed by atoms with Crippen molar-refractivity contribution in [3.05, 3.63) is 54.1 Å². The van der Waals surface area contributed by atoms with Gasteiger partial charge in [-0.1, -0.05) is 56.0 Å². The highest BCUT2D eigenvalue weighted by molar-refractivity contribution is 14.0. The number of imidazole rings is 1. The molecule has 0 amide bonds. The molecule has 0 spiro atoms. The number of aromatic nitrogens is 2. The minimum absolute atomic E-state index is 0. The summed E-state index contributed by atoms with van der Waals surface area (Å²) in [7, 11) is 0. The molecular weight excluding hydrogens is 437 g/mol. The molecule has 2 aromatic rings. The van der Waals surface area contributed by atoms with Crippen LogP contribution >= 0.6 is 24.0 Å². The Morgan fingerprint density at radius 3 is 2.62 bits per heavy atom. The highest BCUT2D eigenvalue weighted by atomic mass is 127. The molecule has 0 saturated heterocycles. The number of nitrogens with zero attached hydrogens (tertiary/aromatic N) is 3. The zero-order valence-electron chi connectivity index (χ0n) is 15.3. The van der Waals surface area contributed by atoms with E-state index in [9.17, 15) is 0 Å². The Kier molecular flexibility index (Phi) is 8.94. The normalized spacial score (nSPS) is 15.9. The minimum Gasteiger partial charge on any atom is -0.370 e. The summed E-state index contributed by atoms with van der Waals surface area (Å²) in [6.45, 7) is 1.43. The largest absolute Gasteiger partial charge is 0.370 e. The summed E-state index contributed by atoms with van der Waals surface area (Å²) in [5.41, 5.74) is 7.42. The van der Waals surface area contributed by atoms with Crippen molar-refractivity contribution in [2.75, 3.05) is 0 Å². The first-order valence-electron chi connectivity index (χ1n) is 9.41. The highest BCUT2D eigenvalue weighted by Crippen LogP contribution is 2.17. The van der Waals surface area contributed by atoms with Crippen LogP contribution in [0.4, 0.5) is 0 Å². The topological polar surface area (TPSA) is 68.2 Å². The number of aryl methyl sites for hydroxylation is 2. The van der Waals surface area contributed by atoms with Gasteiger partial charge in [0.15, 0.2) is 5.96 Å². The Labute approximate surface area is 173 Å². The van der Waals surface area contributed by atoms with Crippen LogP contribution in [0.15, 0.2) is 47.7 Å². The number of guanidine groups is 1. The SMILES string of the molecule is I.NC(=NCc1nccn1CCc1ccccc1)NC1CCCCCC1. The summed E-state index contributed by atoms with van der Waals surface area (Å²) < 4.78 is 2.16. The van der Waals surface area contributed by atoms with Crippen molar-refractivity contribution >= 4 is 29.9 Å². The van der Waals surface area contributed by atoms with Crippen molar-refractivity contribution in [2.24, 2.45) is 10.7 Å². The average Bonchev–Trinajstić information content (AvgIpc) is 2.93. The van der Waals surface area contributed by atoms with Gasteiger partial charge < -0.3 is 15.6 Å². The van der Waals surface area contributed by atoms with Crippen LogP contribution in [0.5, 0.6) is 0 Å². The molecule has 1 saturated carbocycles. The summed E-state index contributed by atoms with van der Waals surface area (Å²) in [4.78, 5) is 8.94. The Hall–Kier alpha value is -1.57. The molecule has 142 valence electrons. The number of hydrogen-bond acceptors (Lipinski definition) is 2. The van der Waals surface area contributed by atoms with E-state index in [2.05, 4.69) is 44.1 Å². The third-order valence-electron chi connectivity index (χ3n) is 4.88. The second kappa shape index (κ2) is 11.2. The van der Waals surface area contributed by atoms with E-state index in [0.29, 0.717) is 18.5 Å². The van der Waals surface area contributed by atoms with Crippen molar-refractivity contribution in [1.82, 2.24) is 14.9 Å². The quantitative estimate of drug-likeness (QED) is 0.293. The number of nitrogens with one attached hydrogen (secondary N) is 1. The fraction of sp³-hybridized carbons (Fsp3) is 0.500. The molecule has 0 aliphatic heterocycles. The molecule has 3 rings (SSSR count). The molecule has 1 aliphatic rings. The predicted molar refractivity (Wildman–Crippen MR) is 118 cm³/mol. The summed E-state index contributed by atoms with van der Waals surface area (Å²) in [5.74, 6) is 1.51. The summed E-state index contributed by atoms with van der Waals surface area (Å²) >= 11 is 0. The maximum Gasteiger partial charge on any atom is 0.189 e. The van der Waals surface area contributed by atoms with E-state index in [1.54, 1.807) is 0 Å². The van der Waals surface area contributed by atoms with E-state index < -0.39 is 0 Å². The molecule has 1 aromatic heterocycles. The van der Waals surface area contributed by atoms with Crippen LogP contribution < -0.4 is 11.1 Å². The van der Waals surface area contributed by atoms with Crippen LogP contribution in [-0.4, -0.2) is 21.6 Å². The summed E-state index contributed by atoms with van der Waals surface area (Å²) in [6, 6.07) is 11.0. The standard InChI is InChI=1S/C20H29N5.HI/c21-20(24-18-10-6-1-2-7-11-18)23-16-19-22-13-15-25(19)14-12-17-8-4-3-5-9-17;/h3-5,8-9,13,15,18H,1-2,6-7,10-12,14,16H2,(H3,21,23,24);1H. The van der Waals surface area contributed by atoms with Gasteiger partial charge in [0.05, 0.1) is 0 Å². The van der Waals surface area contributed by atoms with Gasteiger partial charge in [-0.25, -0.2) is 9.98 Å². The molecule has 1 heterocycles. The van der Waals surface area contributed by atoms with Crippen molar-refractivity contribution < 1.29 is 0 Å². The van der Waals surface area contributed by atoms with E-state index in [4.69, 9.17) is 5.73 Å². The van der Waals surface area contributed by atoms with Crippen LogP contribution in [0.1, 0.15) is 49.9 Å². The van der Waals surface area contributed by atoms with E-state index in [-0.39, 0.29) is 24.0 Å². The van der Waals surface area contributed by atoms with Crippen LogP contribution in [-0.2, 0) is 19.5 Å². The number of nitrogens with two attached hydrogens (primary N) is 1. The van der Waals surface area contributed by atoms with E-state index in [1.807, 2.05) is 18.5 Å².